The van der Waals surface area contributed by atoms with E-state index in [1.807, 2.05) is 34.2 Å². The van der Waals surface area contributed by atoms with Gasteiger partial charge in [-0.2, -0.15) is 0 Å². The Balaban J connectivity index is 1.43. The van der Waals surface area contributed by atoms with Gasteiger partial charge in [-0.15, -0.1) is 11.3 Å². The molecular formula is C17H26N4O3S. The van der Waals surface area contributed by atoms with Crippen molar-refractivity contribution in [2.75, 3.05) is 52.5 Å². The van der Waals surface area contributed by atoms with E-state index in [-0.39, 0.29) is 18.0 Å². The molecule has 3 heterocycles. The monoisotopic (exact) mass is 366 g/mol. The van der Waals surface area contributed by atoms with Crippen LogP contribution in [0.5, 0.6) is 0 Å². The summed E-state index contributed by atoms with van der Waals surface area (Å²) >= 11 is 1.64. The van der Waals surface area contributed by atoms with Crippen LogP contribution in [0.2, 0.25) is 0 Å². The molecule has 0 aromatic carbocycles. The van der Waals surface area contributed by atoms with Crippen molar-refractivity contribution >= 4 is 23.3 Å². The first-order valence-electron chi connectivity index (χ1n) is 8.81. The van der Waals surface area contributed by atoms with E-state index in [0.29, 0.717) is 45.9 Å². The van der Waals surface area contributed by atoms with Crippen LogP contribution in [-0.2, 0) is 16.1 Å². The van der Waals surface area contributed by atoms with E-state index in [9.17, 15) is 9.59 Å². The van der Waals surface area contributed by atoms with Crippen LogP contribution in [0.1, 0.15) is 11.8 Å². The predicted molar refractivity (Wildman–Crippen MR) is 96.6 cm³/mol. The van der Waals surface area contributed by atoms with Crippen LogP contribution in [0, 0.1) is 0 Å². The van der Waals surface area contributed by atoms with Crippen molar-refractivity contribution in [3.63, 3.8) is 0 Å². The third-order valence-corrected chi connectivity index (χ3v) is 5.69. The number of carbonyl (C=O) groups is 2. The summed E-state index contributed by atoms with van der Waals surface area (Å²) in [5.41, 5.74) is 0. The molecule has 0 radical (unpaired) electrons. The molecular weight excluding hydrogens is 340 g/mol. The molecule has 2 saturated heterocycles. The van der Waals surface area contributed by atoms with E-state index in [1.54, 1.807) is 11.3 Å². The van der Waals surface area contributed by atoms with Gasteiger partial charge in [-0.25, -0.2) is 4.79 Å². The van der Waals surface area contributed by atoms with E-state index in [2.05, 4.69) is 10.2 Å². The van der Waals surface area contributed by atoms with Gasteiger partial charge in [-0.05, 0) is 18.4 Å². The summed E-state index contributed by atoms with van der Waals surface area (Å²) in [6.45, 7) is 7.87. The number of rotatable bonds is 4. The van der Waals surface area contributed by atoms with E-state index >= 15 is 0 Å². The summed E-state index contributed by atoms with van der Waals surface area (Å²) in [6.07, 6.45) is 0. The van der Waals surface area contributed by atoms with Crippen LogP contribution >= 0.6 is 11.3 Å². The molecule has 1 aromatic rings. The summed E-state index contributed by atoms with van der Waals surface area (Å²) in [6, 6.07) is 3.92. The van der Waals surface area contributed by atoms with Gasteiger partial charge in [0.2, 0.25) is 5.91 Å². The Labute approximate surface area is 152 Å². The average molecular weight is 366 g/mol. The second-order valence-electron chi connectivity index (χ2n) is 6.38. The van der Waals surface area contributed by atoms with Crippen LogP contribution in [0.15, 0.2) is 17.5 Å². The highest BCUT2D eigenvalue weighted by molar-refractivity contribution is 7.09. The Bertz CT molecular complexity index is 566. The lowest BCUT2D eigenvalue weighted by Crippen LogP contribution is -2.57. The van der Waals surface area contributed by atoms with Gasteiger partial charge in [0.25, 0.3) is 0 Å². The van der Waals surface area contributed by atoms with Gasteiger partial charge < -0.3 is 19.9 Å². The molecule has 2 aliphatic heterocycles. The molecule has 0 bridgehead atoms. The fourth-order valence-electron chi connectivity index (χ4n) is 3.16. The first-order valence-corrected chi connectivity index (χ1v) is 9.69. The molecule has 0 spiro atoms. The van der Waals surface area contributed by atoms with Crippen LogP contribution in [0.25, 0.3) is 0 Å². The van der Waals surface area contributed by atoms with E-state index in [0.717, 1.165) is 18.0 Å². The fraction of sp³-hybridized carbons (Fsp3) is 0.647. The molecule has 138 valence electrons. The van der Waals surface area contributed by atoms with Crippen molar-refractivity contribution in [2.24, 2.45) is 0 Å². The minimum absolute atomic E-state index is 0.0429. The number of carbonyl (C=O) groups excluding carboxylic acids is 2. The third kappa shape index (κ3) is 4.71. The van der Waals surface area contributed by atoms with Crippen molar-refractivity contribution in [1.29, 1.82) is 0 Å². The normalized spacial score (nSPS) is 20.4. The van der Waals surface area contributed by atoms with Gasteiger partial charge in [0.05, 0.1) is 25.8 Å². The van der Waals surface area contributed by atoms with Crippen LogP contribution in [-0.4, -0.2) is 85.2 Å². The SMILES string of the molecule is CC(C(=O)NCc1cccs1)N1CCN(C(=O)N2CCOCC2)CC1. The number of hydrogen-bond donors (Lipinski definition) is 1. The summed E-state index contributed by atoms with van der Waals surface area (Å²) < 4.78 is 5.30. The number of nitrogens with one attached hydrogen (secondary N) is 1. The Morgan fingerprint density at radius 1 is 1.16 bits per heavy atom. The number of ether oxygens (including phenoxy) is 1. The van der Waals surface area contributed by atoms with Gasteiger partial charge >= 0.3 is 6.03 Å². The van der Waals surface area contributed by atoms with Crippen LogP contribution in [0.4, 0.5) is 4.79 Å². The maximum atomic E-state index is 12.5. The average Bonchev–Trinajstić information content (AvgIpc) is 3.19. The first kappa shape index (κ1) is 18.2. The second-order valence-corrected chi connectivity index (χ2v) is 7.41. The Morgan fingerprint density at radius 2 is 1.84 bits per heavy atom. The molecule has 25 heavy (non-hydrogen) atoms. The summed E-state index contributed by atoms with van der Waals surface area (Å²) in [7, 11) is 0. The summed E-state index contributed by atoms with van der Waals surface area (Å²) in [5.74, 6) is 0.0429. The lowest BCUT2D eigenvalue weighted by Gasteiger charge is -2.40. The number of hydrogen-bond acceptors (Lipinski definition) is 5. The molecule has 0 aliphatic carbocycles. The lowest BCUT2D eigenvalue weighted by atomic mass is 10.2. The Morgan fingerprint density at radius 3 is 2.48 bits per heavy atom. The van der Waals surface area contributed by atoms with Crippen LogP contribution < -0.4 is 5.32 Å². The smallest absolute Gasteiger partial charge is 0.320 e. The minimum atomic E-state index is -0.180. The molecule has 7 nitrogen and oxygen atoms in total. The molecule has 2 aliphatic rings. The number of piperazine rings is 1. The zero-order valence-electron chi connectivity index (χ0n) is 14.6. The number of amides is 3. The number of thiophene rings is 1. The minimum Gasteiger partial charge on any atom is -0.378 e. The highest BCUT2D eigenvalue weighted by atomic mass is 32.1. The standard InChI is InChI=1S/C17H26N4O3S/c1-14(16(22)18-13-15-3-2-12-25-15)19-4-6-20(7-5-19)17(23)21-8-10-24-11-9-21/h2-3,12,14H,4-11,13H2,1H3,(H,18,22). The maximum Gasteiger partial charge on any atom is 0.320 e. The van der Waals surface area contributed by atoms with E-state index in [1.165, 1.54) is 0 Å². The van der Waals surface area contributed by atoms with Crippen molar-refractivity contribution in [3.8, 4) is 0 Å². The zero-order valence-corrected chi connectivity index (χ0v) is 15.5. The molecule has 1 N–H and O–H groups in total. The van der Waals surface area contributed by atoms with E-state index in [4.69, 9.17) is 4.74 Å². The van der Waals surface area contributed by atoms with Gasteiger partial charge in [-0.1, -0.05) is 6.07 Å². The molecule has 3 rings (SSSR count). The summed E-state index contributed by atoms with van der Waals surface area (Å²) in [4.78, 5) is 31.9. The molecule has 1 unspecified atom stereocenters. The van der Waals surface area contributed by atoms with Crippen molar-refractivity contribution < 1.29 is 14.3 Å². The van der Waals surface area contributed by atoms with Gasteiger partial charge in [0.15, 0.2) is 0 Å². The van der Waals surface area contributed by atoms with Crippen molar-refractivity contribution in [1.82, 2.24) is 20.0 Å². The molecule has 1 aromatic heterocycles. The predicted octanol–water partition coefficient (Wildman–Crippen LogP) is 0.823. The second kappa shape index (κ2) is 8.64. The molecule has 2 fully saturated rings. The van der Waals surface area contributed by atoms with E-state index < -0.39 is 0 Å². The number of nitrogens with zero attached hydrogens (tertiary/aromatic N) is 3. The largest absolute Gasteiger partial charge is 0.378 e. The highest BCUT2D eigenvalue weighted by Gasteiger charge is 2.29. The highest BCUT2D eigenvalue weighted by Crippen LogP contribution is 2.11. The lowest BCUT2D eigenvalue weighted by molar-refractivity contribution is -0.126. The summed E-state index contributed by atoms with van der Waals surface area (Å²) in [5, 5.41) is 5.00. The molecule has 8 heteroatoms. The first-order chi connectivity index (χ1) is 12.1. The fourth-order valence-corrected chi connectivity index (χ4v) is 3.80. The Kier molecular flexibility index (Phi) is 6.28. The quantitative estimate of drug-likeness (QED) is 0.857. The molecule has 1 atom stereocenters. The topological polar surface area (TPSA) is 65.1 Å². The van der Waals surface area contributed by atoms with Gasteiger partial charge in [0.1, 0.15) is 0 Å². The van der Waals surface area contributed by atoms with Crippen molar-refractivity contribution in [3.05, 3.63) is 22.4 Å². The van der Waals surface area contributed by atoms with Crippen molar-refractivity contribution in [2.45, 2.75) is 19.5 Å². The zero-order chi connectivity index (χ0) is 17.6. The van der Waals surface area contributed by atoms with Gasteiger partial charge in [0, 0.05) is 44.1 Å². The van der Waals surface area contributed by atoms with Crippen LogP contribution in [0.3, 0.4) is 0 Å². The van der Waals surface area contributed by atoms with Gasteiger partial charge in [-0.3, -0.25) is 9.69 Å². The third-order valence-electron chi connectivity index (χ3n) is 4.81. The molecule has 3 amide bonds. The maximum absolute atomic E-state index is 12.5. The number of urea groups is 1. The Hall–Kier alpha value is -1.64. The number of morpholine rings is 1. The molecule has 0 saturated carbocycles.